The maximum atomic E-state index is 12.1. The Kier molecular flexibility index (Phi) is 3.53. The van der Waals surface area contributed by atoms with Crippen LogP contribution in [0.2, 0.25) is 0 Å². The summed E-state index contributed by atoms with van der Waals surface area (Å²) in [6.45, 7) is 4.24. The van der Waals surface area contributed by atoms with E-state index in [0.29, 0.717) is 12.2 Å². The van der Waals surface area contributed by atoms with Crippen molar-refractivity contribution in [2.45, 2.75) is 38.6 Å². The van der Waals surface area contributed by atoms with Gasteiger partial charge in [-0.15, -0.1) is 0 Å². The van der Waals surface area contributed by atoms with Gasteiger partial charge in [0.1, 0.15) is 0 Å². The lowest BCUT2D eigenvalue weighted by atomic mass is 9.95. The van der Waals surface area contributed by atoms with Gasteiger partial charge in [0.05, 0.1) is 0 Å². The third-order valence-electron chi connectivity index (χ3n) is 5.03. The molecule has 1 aromatic rings. The molecule has 0 radical (unpaired) electrons. The normalized spacial score (nSPS) is 23.0. The second-order valence-corrected chi connectivity index (χ2v) is 6.41. The fourth-order valence-electron chi connectivity index (χ4n) is 3.79. The Labute approximate surface area is 135 Å². The standard InChI is InChI=1S/C18H21NO4/c1-2-3-5-19-6-4-11-7-15-16(23-10-22-15)8-12(11)17-13(19)9-14(20)18(17)21/h7-8,13,21H,2-6,9-10H2,1H3/t13-/m0/s1. The first-order valence-corrected chi connectivity index (χ1v) is 8.32. The van der Waals surface area contributed by atoms with Gasteiger partial charge in [0, 0.05) is 24.6 Å². The summed E-state index contributed by atoms with van der Waals surface area (Å²) < 4.78 is 11.0. The highest BCUT2D eigenvalue weighted by Gasteiger charge is 2.39. The minimum atomic E-state index is -0.156. The van der Waals surface area contributed by atoms with E-state index in [9.17, 15) is 9.90 Å². The van der Waals surface area contributed by atoms with Crippen molar-refractivity contribution in [2.24, 2.45) is 0 Å². The summed E-state index contributed by atoms with van der Waals surface area (Å²) >= 11 is 0. The van der Waals surface area contributed by atoms with Gasteiger partial charge in [-0.3, -0.25) is 9.69 Å². The van der Waals surface area contributed by atoms with E-state index in [0.717, 1.165) is 54.8 Å². The summed E-state index contributed by atoms with van der Waals surface area (Å²) in [5.41, 5.74) is 2.84. The minimum Gasteiger partial charge on any atom is -0.504 e. The van der Waals surface area contributed by atoms with E-state index in [2.05, 4.69) is 11.8 Å². The Morgan fingerprint density at radius 1 is 1.30 bits per heavy atom. The molecule has 122 valence electrons. The molecule has 0 aromatic heterocycles. The second-order valence-electron chi connectivity index (χ2n) is 6.41. The summed E-state index contributed by atoms with van der Waals surface area (Å²) in [5, 5.41) is 10.4. The SMILES string of the molecule is CCCCN1CCc2cc3c(cc2C2=C(O)C(=O)C[C@@H]21)OCO3. The first kappa shape index (κ1) is 14.6. The van der Waals surface area contributed by atoms with Crippen molar-refractivity contribution in [2.75, 3.05) is 19.9 Å². The number of ether oxygens (including phenoxy) is 2. The predicted octanol–water partition coefficient (Wildman–Crippen LogP) is 2.68. The number of fused-ring (bicyclic) bond motifs is 4. The second kappa shape index (κ2) is 5.57. The van der Waals surface area contributed by atoms with Crippen molar-refractivity contribution in [3.63, 3.8) is 0 Å². The number of ketones is 1. The van der Waals surface area contributed by atoms with Crippen LogP contribution < -0.4 is 9.47 Å². The van der Waals surface area contributed by atoms with E-state index >= 15 is 0 Å². The Morgan fingerprint density at radius 2 is 2.09 bits per heavy atom. The van der Waals surface area contributed by atoms with Crippen molar-refractivity contribution in [1.29, 1.82) is 0 Å². The van der Waals surface area contributed by atoms with E-state index in [1.807, 2.05) is 12.1 Å². The fourth-order valence-corrected chi connectivity index (χ4v) is 3.79. The Balaban J connectivity index is 1.80. The first-order chi connectivity index (χ1) is 11.2. The van der Waals surface area contributed by atoms with Gasteiger partial charge in [0.2, 0.25) is 6.79 Å². The molecule has 5 nitrogen and oxygen atoms in total. The van der Waals surface area contributed by atoms with Gasteiger partial charge in [0.25, 0.3) is 0 Å². The van der Waals surface area contributed by atoms with Crippen LogP contribution in [0.1, 0.15) is 37.3 Å². The number of carbonyl (C=O) groups is 1. The largest absolute Gasteiger partial charge is 0.504 e. The molecule has 1 N–H and O–H groups in total. The number of unbranched alkanes of at least 4 members (excludes halogenated alkanes) is 1. The highest BCUT2D eigenvalue weighted by molar-refractivity contribution is 6.07. The molecule has 0 fully saturated rings. The Morgan fingerprint density at radius 3 is 2.87 bits per heavy atom. The van der Waals surface area contributed by atoms with Crippen molar-refractivity contribution in [1.82, 2.24) is 4.90 Å². The third kappa shape index (κ3) is 2.30. The van der Waals surface area contributed by atoms with Crippen LogP contribution in [0.5, 0.6) is 11.5 Å². The van der Waals surface area contributed by atoms with Crippen LogP contribution in [0, 0.1) is 0 Å². The maximum Gasteiger partial charge on any atom is 0.231 e. The minimum absolute atomic E-state index is 0.0179. The molecule has 1 aromatic carbocycles. The molecule has 0 saturated carbocycles. The molecular formula is C18H21NO4. The number of hydrogen-bond donors (Lipinski definition) is 1. The molecule has 0 amide bonds. The van der Waals surface area contributed by atoms with Crippen molar-refractivity contribution >= 4 is 11.4 Å². The third-order valence-corrected chi connectivity index (χ3v) is 5.03. The lowest BCUT2D eigenvalue weighted by Crippen LogP contribution is -2.36. The maximum absolute atomic E-state index is 12.1. The number of benzene rings is 1. The fraction of sp³-hybridized carbons (Fsp3) is 0.500. The summed E-state index contributed by atoms with van der Waals surface area (Å²) in [6, 6.07) is 3.91. The Hall–Kier alpha value is -2.01. The molecule has 23 heavy (non-hydrogen) atoms. The van der Waals surface area contributed by atoms with Gasteiger partial charge in [-0.1, -0.05) is 13.3 Å². The van der Waals surface area contributed by atoms with Crippen LogP contribution in [0.3, 0.4) is 0 Å². The highest BCUT2D eigenvalue weighted by atomic mass is 16.7. The average Bonchev–Trinajstić information content (AvgIpc) is 3.07. The predicted molar refractivity (Wildman–Crippen MR) is 85.7 cm³/mol. The first-order valence-electron chi connectivity index (χ1n) is 8.32. The van der Waals surface area contributed by atoms with E-state index < -0.39 is 0 Å². The van der Waals surface area contributed by atoms with E-state index in [4.69, 9.17) is 9.47 Å². The van der Waals surface area contributed by atoms with Crippen LogP contribution >= 0.6 is 0 Å². The van der Waals surface area contributed by atoms with E-state index in [1.54, 1.807) is 0 Å². The average molecular weight is 315 g/mol. The topological polar surface area (TPSA) is 59.0 Å². The van der Waals surface area contributed by atoms with Crippen LogP contribution in [0.4, 0.5) is 0 Å². The zero-order valence-electron chi connectivity index (χ0n) is 13.3. The molecule has 3 aliphatic rings. The molecule has 5 heteroatoms. The summed E-state index contributed by atoms with van der Waals surface area (Å²) in [7, 11) is 0. The van der Waals surface area contributed by atoms with Gasteiger partial charge in [0.15, 0.2) is 23.0 Å². The van der Waals surface area contributed by atoms with Gasteiger partial charge < -0.3 is 14.6 Å². The molecule has 1 aliphatic carbocycles. The number of allylic oxidation sites excluding steroid dienone is 1. The highest BCUT2D eigenvalue weighted by Crippen LogP contribution is 2.43. The van der Waals surface area contributed by atoms with E-state index in [-0.39, 0.29) is 24.4 Å². The molecule has 1 atom stereocenters. The smallest absolute Gasteiger partial charge is 0.231 e. The van der Waals surface area contributed by atoms with Crippen LogP contribution in [-0.4, -0.2) is 41.7 Å². The molecule has 2 heterocycles. The molecule has 0 saturated heterocycles. The molecule has 2 aliphatic heterocycles. The van der Waals surface area contributed by atoms with Crippen LogP contribution in [0.15, 0.2) is 17.9 Å². The molecular weight excluding hydrogens is 294 g/mol. The van der Waals surface area contributed by atoms with Crippen LogP contribution in [0.25, 0.3) is 5.57 Å². The van der Waals surface area contributed by atoms with Crippen molar-refractivity contribution in [3.8, 4) is 11.5 Å². The molecule has 4 rings (SSSR count). The number of Topliss-reactive ketones (excluding diaryl/α,β-unsaturated/α-hetero) is 1. The number of nitrogens with zero attached hydrogens (tertiary/aromatic N) is 1. The molecule has 0 spiro atoms. The number of hydrogen-bond acceptors (Lipinski definition) is 5. The zero-order valence-corrected chi connectivity index (χ0v) is 13.3. The van der Waals surface area contributed by atoms with Gasteiger partial charge in [-0.05, 0) is 42.6 Å². The van der Waals surface area contributed by atoms with Gasteiger partial charge in [-0.2, -0.15) is 0 Å². The lowest BCUT2D eigenvalue weighted by Gasteiger charge is -2.27. The number of aliphatic hydroxyl groups is 1. The monoisotopic (exact) mass is 315 g/mol. The molecule has 0 bridgehead atoms. The molecule has 0 unspecified atom stereocenters. The number of rotatable bonds is 3. The summed E-state index contributed by atoms with van der Waals surface area (Å²) in [5.74, 6) is 1.23. The number of carbonyl (C=O) groups excluding carboxylic acids is 1. The van der Waals surface area contributed by atoms with Gasteiger partial charge in [-0.25, -0.2) is 0 Å². The lowest BCUT2D eigenvalue weighted by molar-refractivity contribution is -0.117. The van der Waals surface area contributed by atoms with Crippen molar-refractivity contribution in [3.05, 3.63) is 29.0 Å². The van der Waals surface area contributed by atoms with Crippen molar-refractivity contribution < 1.29 is 19.4 Å². The van der Waals surface area contributed by atoms with E-state index in [1.165, 1.54) is 0 Å². The van der Waals surface area contributed by atoms with Crippen LogP contribution in [-0.2, 0) is 11.2 Å². The Bertz CT molecular complexity index is 695. The van der Waals surface area contributed by atoms with Gasteiger partial charge >= 0.3 is 0 Å². The summed E-state index contributed by atoms with van der Waals surface area (Å²) in [6.07, 6.45) is 3.47. The number of aliphatic hydroxyl groups excluding tert-OH is 1. The summed E-state index contributed by atoms with van der Waals surface area (Å²) in [4.78, 5) is 14.5. The zero-order chi connectivity index (χ0) is 16.0. The quantitative estimate of drug-likeness (QED) is 0.929.